The number of carbonyl (C=O) groups excluding carboxylic acids is 1. The lowest BCUT2D eigenvalue weighted by Gasteiger charge is -2.24. The number of hydrogen-bond donors (Lipinski definition) is 1. The smallest absolute Gasteiger partial charge is 0.247 e. The van der Waals surface area contributed by atoms with Gasteiger partial charge in [-0.3, -0.25) is 9.48 Å². The van der Waals surface area contributed by atoms with Gasteiger partial charge in [0.1, 0.15) is 5.54 Å². The molecule has 0 aliphatic rings. The molecule has 0 fully saturated rings. The highest BCUT2D eigenvalue weighted by Gasteiger charge is 2.30. The van der Waals surface area contributed by atoms with E-state index in [4.69, 9.17) is 9.47 Å². The number of hydrogen-bond acceptors (Lipinski definition) is 4. The number of ether oxygens (including phenoxy) is 2. The molecule has 0 bridgehead atoms. The van der Waals surface area contributed by atoms with Gasteiger partial charge in [0, 0.05) is 18.3 Å². The molecule has 1 N–H and O–H groups in total. The van der Waals surface area contributed by atoms with Crippen LogP contribution in [0.4, 0.5) is 0 Å². The number of rotatable bonds is 7. The van der Waals surface area contributed by atoms with Crippen LogP contribution < -0.4 is 14.8 Å². The van der Waals surface area contributed by atoms with Crippen molar-refractivity contribution in [2.24, 2.45) is 5.92 Å². The zero-order valence-corrected chi connectivity index (χ0v) is 15.8. The summed E-state index contributed by atoms with van der Waals surface area (Å²) in [4.78, 5) is 12.5. The largest absolute Gasteiger partial charge is 0.493 e. The average Bonchev–Trinajstić information content (AvgIpc) is 3.09. The van der Waals surface area contributed by atoms with Crippen LogP contribution in [0.2, 0.25) is 0 Å². The van der Waals surface area contributed by atoms with Crippen molar-refractivity contribution in [3.8, 4) is 22.6 Å². The molecule has 2 rings (SSSR count). The lowest BCUT2D eigenvalue weighted by Crippen LogP contribution is -2.45. The molecule has 1 heterocycles. The summed E-state index contributed by atoms with van der Waals surface area (Å²) >= 11 is 0. The van der Waals surface area contributed by atoms with Gasteiger partial charge in [-0.15, -0.1) is 0 Å². The minimum Gasteiger partial charge on any atom is -0.493 e. The Kier molecular flexibility index (Phi) is 5.72. The minimum atomic E-state index is -0.774. The van der Waals surface area contributed by atoms with Crippen molar-refractivity contribution in [2.75, 3.05) is 20.8 Å². The molecule has 0 aliphatic carbocycles. The molecule has 1 aromatic carbocycles. The summed E-state index contributed by atoms with van der Waals surface area (Å²) in [5, 5.41) is 7.36. The predicted octanol–water partition coefficient (Wildman–Crippen LogP) is 3.07. The van der Waals surface area contributed by atoms with Crippen molar-refractivity contribution in [1.82, 2.24) is 15.1 Å². The number of benzene rings is 1. The molecule has 0 aliphatic heterocycles. The van der Waals surface area contributed by atoms with E-state index < -0.39 is 5.54 Å². The quantitative estimate of drug-likeness (QED) is 0.837. The van der Waals surface area contributed by atoms with E-state index in [1.54, 1.807) is 25.1 Å². The second-order valence-corrected chi connectivity index (χ2v) is 6.91. The summed E-state index contributed by atoms with van der Waals surface area (Å²) in [6.07, 6.45) is 3.62. The Morgan fingerprint density at radius 1 is 1.20 bits per heavy atom. The van der Waals surface area contributed by atoms with Gasteiger partial charge < -0.3 is 14.8 Å². The molecular formula is C19H27N3O3. The molecule has 1 aromatic heterocycles. The molecule has 6 nitrogen and oxygen atoms in total. The van der Waals surface area contributed by atoms with Gasteiger partial charge in [-0.25, -0.2) is 0 Å². The van der Waals surface area contributed by atoms with Gasteiger partial charge in [-0.05, 0) is 37.5 Å². The van der Waals surface area contributed by atoms with Gasteiger partial charge >= 0.3 is 0 Å². The third-order valence-electron chi connectivity index (χ3n) is 4.10. The van der Waals surface area contributed by atoms with Gasteiger partial charge in [-0.1, -0.05) is 19.9 Å². The number of aromatic nitrogens is 2. The summed E-state index contributed by atoms with van der Waals surface area (Å²) in [7, 11) is 3.21. The van der Waals surface area contributed by atoms with Crippen LogP contribution in [0.3, 0.4) is 0 Å². The Hall–Kier alpha value is -2.50. The Labute approximate surface area is 149 Å². The van der Waals surface area contributed by atoms with E-state index in [2.05, 4.69) is 24.3 Å². The van der Waals surface area contributed by atoms with Crippen LogP contribution in [0.15, 0.2) is 30.6 Å². The predicted molar refractivity (Wildman–Crippen MR) is 97.9 cm³/mol. The molecule has 0 spiro atoms. The molecular weight excluding hydrogens is 318 g/mol. The van der Waals surface area contributed by atoms with Gasteiger partial charge in [0.2, 0.25) is 5.91 Å². The monoisotopic (exact) mass is 345 g/mol. The fourth-order valence-corrected chi connectivity index (χ4v) is 2.41. The Morgan fingerprint density at radius 2 is 1.88 bits per heavy atom. The summed E-state index contributed by atoms with van der Waals surface area (Å²) in [6.45, 7) is 8.49. The standard InChI is InChI=1S/C19H27N3O3/c1-13(2)10-20-18(23)19(3,4)22-12-15(11-21-22)14-7-8-16(24-5)17(9-14)25-6/h7-9,11-13H,10H2,1-6H3,(H,20,23). The Bertz CT molecular complexity index is 735. The second kappa shape index (κ2) is 7.59. The van der Waals surface area contributed by atoms with E-state index in [1.165, 1.54) is 0 Å². The van der Waals surface area contributed by atoms with Crippen LogP contribution in [0, 0.1) is 5.92 Å². The number of amides is 1. The van der Waals surface area contributed by atoms with Crippen LogP contribution in [0.5, 0.6) is 11.5 Å². The van der Waals surface area contributed by atoms with Crippen LogP contribution in [-0.2, 0) is 10.3 Å². The lowest BCUT2D eigenvalue weighted by atomic mass is 10.0. The van der Waals surface area contributed by atoms with E-state index in [0.29, 0.717) is 24.0 Å². The van der Waals surface area contributed by atoms with Crippen LogP contribution in [0.1, 0.15) is 27.7 Å². The minimum absolute atomic E-state index is 0.0526. The summed E-state index contributed by atoms with van der Waals surface area (Å²) < 4.78 is 12.3. The van der Waals surface area contributed by atoms with Crippen LogP contribution in [-0.4, -0.2) is 36.5 Å². The fraction of sp³-hybridized carbons (Fsp3) is 0.474. The maximum atomic E-state index is 12.5. The molecule has 2 aromatic rings. The highest BCUT2D eigenvalue weighted by atomic mass is 16.5. The maximum Gasteiger partial charge on any atom is 0.247 e. The topological polar surface area (TPSA) is 65.4 Å². The van der Waals surface area contributed by atoms with E-state index in [0.717, 1.165) is 11.1 Å². The first-order valence-corrected chi connectivity index (χ1v) is 8.35. The number of carbonyl (C=O) groups is 1. The summed E-state index contributed by atoms with van der Waals surface area (Å²) in [5.41, 5.74) is 1.08. The summed E-state index contributed by atoms with van der Waals surface area (Å²) in [6, 6.07) is 5.69. The molecule has 0 atom stereocenters. The number of nitrogens with one attached hydrogen (secondary N) is 1. The van der Waals surface area contributed by atoms with Crippen LogP contribution >= 0.6 is 0 Å². The highest BCUT2D eigenvalue weighted by Crippen LogP contribution is 2.32. The zero-order chi connectivity index (χ0) is 18.6. The van der Waals surface area contributed by atoms with E-state index >= 15 is 0 Å². The van der Waals surface area contributed by atoms with Crippen LogP contribution in [0.25, 0.3) is 11.1 Å². The zero-order valence-electron chi connectivity index (χ0n) is 15.8. The highest BCUT2D eigenvalue weighted by molar-refractivity contribution is 5.83. The first kappa shape index (κ1) is 18.8. The van der Waals surface area contributed by atoms with Gasteiger partial charge in [-0.2, -0.15) is 5.10 Å². The molecule has 0 radical (unpaired) electrons. The Morgan fingerprint density at radius 3 is 2.48 bits per heavy atom. The van der Waals surface area contributed by atoms with Crippen molar-refractivity contribution in [3.05, 3.63) is 30.6 Å². The van der Waals surface area contributed by atoms with Gasteiger partial charge in [0.05, 0.1) is 20.4 Å². The number of methoxy groups -OCH3 is 2. The molecule has 0 saturated carbocycles. The molecule has 0 saturated heterocycles. The van der Waals surface area contributed by atoms with Crippen molar-refractivity contribution in [2.45, 2.75) is 33.2 Å². The molecule has 6 heteroatoms. The van der Waals surface area contributed by atoms with Crippen molar-refractivity contribution < 1.29 is 14.3 Å². The fourth-order valence-electron chi connectivity index (χ4n) is 2.41. The van der Waals surface area contributed by atoms with E-state index in [-0.39, 0.29) is 5.91 Å². The van der Waals surface area contributed by atoms with Gasteiger partial charge in [0.25, 0.3) is 0 Å². The third kappa shape index (κ3) is 4.13. The lowest BCUT2D eigenvalue weighted by molar-refractivity contribution is -0.129. The maximum absolute atomic E-state index is 12.5. The number of nitrogens with zero attached hydrogens (tertiary/aromatic N) is 2. The molecule has 0 unspecified atom stereocenters. The summed E-state index contributed by atoms with van der Waals surface area (Å²) in [5.74, 6) is 1.68. The first-order chi connectivity index (χ1) is 11.8. The molecule has 25 heavy (non-hydrogen) atoms. The average molecular weight is 345 g/mol. The first-order valence-electron chi connectivity index (χ1n) is 8.35. The third-order valence-corrected chi connectivity index (χ3v) is 4.10. The normalized spacial score (nSPS) is 11.5. The molecule has 136 valence electrons. The van der Waals surface area contributed by atoms with Crippen molar-refractivity contribution in [1.29, 1.82) is 0 Å². The van der Waals surface area contributed by atoms with E-state index in [1.807, 2.05) is 38.2 Å². The SMILES string of the molecule is COc1ccc(-c2cnn(C(C)(C)C(=O)NCC(C)C)c2)cc1OC. The van der Waals surface area contributed by atoms with Crippen molar-refractivity contribution in [3.63, 3.8) is 0 Å². The second-order valence-electron chi connectivity index (χ2n) is 6.91. The molecule has 1 amide bonds. The van der Waals surface area contributed by atoms with Crippen molar-refractivity contribution >= 4 is 5.91 Å². The van der Waals surface area contributed by atoms with E-state index in [9.17, 15) is 4.79 Å². The van der Waals surface area contributed by atoms with Gasteiger partial charge in [0.15, 0.2) is 11.5 Å². The Balaban J connectivity index is 2.25.